The maximum atomic E-state index is 10.9. The minimum absolute atomic E-state index is 0.0820. The predicted molar refractivity (Wildman–Crippen MR) is 63.5 cm³/mol. The van der Waals surface area contributed by atoms with Gasteiger partial charge in [0, 0.05) is 17.7 Å². The SMILES string of the molecule is O=C(O)CC(c1ccccc1)[n+]1ccccc1. The molecule has 86 valence electrons. The highest BCUT2D eigenvalue weighted by atomic mass is 16.4. The molecule has 1 unspecified atom stereocenters. The normalized spacial score (nSPS) is 12.0. The zero-order chi connectivity index (χ0) is 12.1. The molecule has 0 aliphatic carbocycles. The predicted octanol–water partition coefficient (Wildman–Crippen LogP) is 2.04. The third-order valence-electron chi connectivity index (χ3n) is 2.65. The molecule has 1 aromatic heterocycles. The van der Waals surface area contributed by atoms with Gasteiger partial charge in [0.1, 0.15) is 6.42 Å². The van der Waals surface area contributed by atoms with Crippen molar-refractivity contribution in [2.24, 2.45) is 0 Å². The van der Waals surface area contributed by atoms with Crippen LogP contribution in [0.4, 0.5) is 0 Å². The van der Waals surface area contributed by atoms with E-state index >= 15 is 0 Å². The summed E-state index contributed by atoms with van der Waals surface area (Å²) in [6, 6.07) is 15.2. The largest absolute Gasteiger partial charge is 0.481 e. The molecule has 0 aliphatic rings. The molecule has 0 aliphatic heterocycles. The first-order valence-electron chi connectivity index (χ1n) is 5.50. The summed E-state index contributed by atoms with van der Waals surface area (Å²) in [5, 5.41) is 8.99. The van der Waals surface area contributed by atoms with Gasteiger partial charge in [0.25, 0.3) is 0 Å². The number of benzene rings is 1. The summed E-state index contributed by atoms with van der Waals surface area (Å²) in [4.78, 5) is 10.9. The highest BCUT2D eigenvalue weighted by Crippen LogP contribution is 2.15. The second kappa shape index (κ2) is 5.25. The first-order valence-corrected chi connectivity index (χ1v) is 5.50. The number of carboxylic acids is 1. The summed E-state index contributed by atoms with van der Waals surface area (Å²) < 4.78 is 1.92. The quantitative estimate of drug-likeness (QED) is 0.813. The molecule has 0 spiro atoms. The molecule has 17 heavy (non-hydrogen) atoms. The number of pyridine rings is 1. The summed E-state index contributed by atoms with van der Waals surface area (Å²) in [5.41, 5.74) is 1.01. The summed E-state index contributed by atoms with van der Waals surface area (Å²) in [6.45, 7) is 0. The number of aromatic nitrogens is 1. The molecule has 0 bridgehead atoms. The van der Waals surface area contributed by atoms with Gasteiger partial charge in [0.15, 0.2) is 18.4 Å². The molecule has 2 rings (SSSR count). The Balaban J connectivity index is 2.36. The molecule has 1 atom stereocenters. The topological polar surface area (TPSA) is 41.2 Å². The van der Waals surface area contributed by atoms with Crippen LogP contribution in [0, 0.1) is 0 Å². The Kier molecular flexibility index (Phi) is 3.50. The van der Waals surface area contributed by atoms with E-state index in [1.807, 2.05) is 65.5 Å². The van der Waals surface area contributed by atoms with Crippen LogP contribution in [0.1, 0.15) is 18.0 Å². The lowest BCUT2D eigenvalue weighted by atomic mass is 10.0. The smallest absolute Gasteiger partial charge is 0.310 e. The molecule has 0 amide bonds. The number of carboxylic acid groups (broad SMARTS) is 1. The highest BCUT2D eigenvalue weighted by molar-refractivity contribution is 5.67. The van der Waals surface area contributed by atoms with Gasteiger partial charge in [-0.05, 0) is 0 Å². The van der Waals surface area contributed by atoms with Gasteiger partial charge in [-0.2, -0.15) is 4.57 Å². The summed E-state index contributed by atoms with van der Waals surface area (Å²) in [7, 11) is 0. The van der Waals surface area contributed by atoms with E-state index in [4.69, 9.17) is 5.11 Å². The fourth-order valence-electron chi connectivity index (χ4n) is 1.86. The van der Waals surface area contributed by atoms with Crippen LogP contribution in [0.25, 0.3) is 0 Å². The second-order valence-electron chi connectivity index (χ2n) is 3.85. The van der Waals surface area contributed by atoms with Gasteiger partial charge in [0.05, 0.1) is 0 Å². The number of hydrogen-bond acceptors (Lipinski definition) is 1. The summed E-state index contributed by atoms with van der Waals surface area (Å²) >= 11 is 0. The molecular formula is C14H14NO2+. The van der Waals surface area contributed by atoms with Gasteiger partial charge in [-0.3, -0.25) is 4.79 Å². The molecule has 0 saturated heterocycles. The van der Waals surface area contributed by atoms with Gasteiger partial charge in [0.2, 0.25) is 0 Å². The van der Waals surface area contributed by atoms with Crippen molar-refractivity contribution in [3.8, 4) is 0 Å². The van der Waals surface area contributed by atoms with Crippen LogP contribution in [-0.2, 0) is 4.79 Å². The first kappa shape index (κ1) is 11.3. The number of carbonyl (C=O) groups is 1. The van der Waals surface area contributed by atoms with Gasteiger partial charge in [-0.1, -0.05) is 36.4 Å². The third kappa shape index (κ3) is 2.91. The van der Waals surface area contributed by atoms with Crippen LogP contribution in [0.3, 0.4) is 0 Å². The Morgan fingerprint density at radius 3 is 2.24 bits per heavy atom. The van der Waals surface area contributed by atoms with Crippen LogP contribution in [0.5, 0.6) is 0 Å². The van der Waals surface area contributed by atoms with Crippen molar-refractivity contribution >= 4 is 5.97 Å². The van der Waals surface area contributed by atoms with Crippen LogP contribution < -0.4 is 4.57 Å². The van der Waals surface area contributed by atoms with E-state index in [0.29, 0.717) is 0 Å². The van der Waals surface area contributed by atoms with E-state index in [2.05, 4.69) is 0 Å². The third-order valence-corrected chi connectivity index (χ3v) is 2.65. The number of hydrogen-bond donors (Lipinski definition) is 1. The molecule has 1 heterocycles. The van der Waals surface area contributed by atoms with E-state index < -0.39 is 5.97 Å². The molecule has 0 fully saturated rings. The van der Waals surface area contributed by atoms with Crippen molar-refractivity contribution in [3.05, 3.63) is 66.5 Å². The molecular weight excluding hydrogens is 214 g/mol. The number of rotatable bonds is 4. The molecule has 1 N–H and O–H groups in total. The zero-order valence-corrected chi connectivity index (χ0v) is 9.36. The van der Waals surface area contributed by atoms with E-state index in [1.165, 1.54) is 0 Å². The van der Waals surface area contributed by atoms with E-state index in [0.717, 1.165) is 5.56 Å². The molecule has 3 heteroatoms. The fourth-order valence-corrected chi connectivity index (χ4v) is 1.86. The summed E-state index contributed by atoms with van der Waals surface area (Å²) in [6.07, 6.45) is 3.86. The van der Waals surface area contributed by atoms with E-state index in [-0.39, 0.29) is 12.5 Å². The van der Waals surface area contributed by atoms with Crippen LogP contribution >= 0.6 is 0 Å². The monoisotopic (exact) mass is 228 g/mol. The Morgan fingerprint density at radius 1 is 1.06 bits per heavy atom. The van der Waals surface area contributed by atoms with Crippen LogP contribution in [0.15, 0.2) is 60.9 Å². The average Bonchev–Trinajstić information content (AvgIpc) is 2.38. The maximum Gasteiger partial charge on any atom is 0.310 e. The number of aliphatic carboxylic acids is 1. The second-order valence-corrected chi connectivity index (χ2v) is 3.85. The van der Waals surface area contributed by atoms with Gasteiger partial charge in [-0.25, -0.2) is 0 Å². The highest BCUT2D eigenvalue weighted by Gasteiger charge is 2.23. The Labute approximate surface area is 100.0 Å². The minimum atomic E-state index is -0.796. The lowest BCUT2D eigenvalue weighted by Gasteiger charge is -2.10. The lowest BCUT2D eigenvalue weighted by Crippen LogP contribution is -2.40. The fraction of sp³-hybridized carbons (Fsp3) is 0.143. The molecule has 2 aromatic rings. The van der Waals surface area contributed by atoms with E-state index in [1.54, 1.807) is 0 Å². The Hall–Kier alpha value is -2.16. The molecule has 3 nitrogen and oxygen atoms in total. The molecule has 0 saturated carbocycles. The Morgan fingerprint density at radius 2 is 1.65 bits per heavy atom. The van der Waals surface area contributed by atoms with Gasteiger partial charge >= 0.3 is 5.97 Å². The molecule has 0 radical (unpaired) electrons. The van der Waals surface area contributed by atoms with Crippen molar-refractivity contribution in [1.29, 1.82) is 0 Å². The Bertz CT molecular complexity index is 443. The average molecular weight is 228 g/mol. The number of nitrogens with zero attached hydrogens (tertiary/aromatic N) is 1. The van der Waals surface area contributed by atoms with Crippen LogP contribution in [-0.4, -0.2) is 11.1 Å². The van der Waals surface area contributed by atoms with E-state index in [9.17, 15) is 4.79 Å². The van der Waals surface area contributed by atoms with Crippen molar-refractivity contribution in [1.82, 2.24) is 0 Å². The molecule has 1 aromatic carbocycles. The van der Waals surface area contributed by atoms with Crippen molar-refractivity contribution in [3.63, 3.8) is 0 Å². The first-order chi connectivity index (χ1) is 8.27. The van der Waals surface area contributed by atoms with Crippen molar-refractivity contribution < 1.29 is 14.5 Å². The van der Waals surface area contributed by atoms with Gasteiger partial charge in [-0.15, -0.1) is 0 Å². The van der Waals surface area contributed by atoms with Crippen molar-refractivity contribution in [2.45, 2.75) is 12.5 Å². The minimum Gasteiger partial charge on any atom is -0.481 e. The van der Waals surface area contributed by atoms with Gasteiger partial charge < -0.3 is 5.11 Å². The standard InChI is InChI=1S/C14H13NO2/c16-14(17)11-13(12-7-3-1-4-8-12)15-9-5-2-6-10-15/h1-10,13H,11H2/p+1. The van der Waals surface area contributed by atoms with Crippen molar-refractivity contribution in [2.75, 3.05) is 0 Å². The van der Waals surface area contributed by atoms with Crippen LogP contribution in [0.2, 0.25) is 0 Å². The summed E-state index contributed by atoms with van der Waals surface area (Å²) in [5.74, 6) is -0.796. The maximum absolute atomic E-state index is 10.9. The zero-order valence-electron chi connectivity index (χ0n) is 9.36. The lowest BCUT2D eigenvalue weighted by molar-refractivity contribution is -0.713.